The van der Waals surface area contributed by atoms with Gasteiger partial charge in [-0.25, -0.2) is 13.4 Å². The van der Waals surface area contributed by atoms with Crippen LogP contribution in [0, 0.1) is 6.92 Å². The maximum absolute atomic E-state index is 12.3. The van der Waals surface area contributed by atoms with Crippen LogP contribution in [0.15, 0.2) is 55.0 Å². The summed E-state index contributed by atoms with van der Waals surface area (Å²) in [6.07, 6.45) is 5.22. The van der Waals surface area contributed by atoms with Gasteiger partial charge < -0.3 is 4.40 Å². The molecule has 3 aromatic rings. The first-order valence-electron chi connectivity index (χ1n) is 6.51. The van der Waals surface area contributed by atoms with Crippen molar-refractivity contribution >= 4 is 21.4 Å². The SMILES string of the molecule is Cc1cccc(CS(=O)(=O)Nc2cccn3ccnc23)c1. The number of aromatic nitrogens is 2. The molecule has 0 radical (unpaired) electrons. The average Bonchev–Trinajstić information content (AvgIpc) is 2.87. The van der Waals surface area contributed by atoms with Gasteiger partial charge in [-0.1, -0.05) is 29.8 Å². The largest absolute Gasteiger partial charge is 0.305 e. The Balaban J connectivity index is 1.88. The summed E-state index contributed by atoms with van der Waals surface area (Å²) < 4.78 is 29.0. The quantitative estimate of drug-likeness (QED) is 0.805. The van der Waals surface area contributed by atoms with E-state index in [1.54, 1.807) is 28.9 Å². The van der Waals surface area contributed by atoms with Crippen LogP contribution in [-0.2, 0) is 15.8 Å². The molecule has 1 aromatic carbocycles. The molecule has 0 saturated heterocycles. The first kappa shape index (κ1) is 13.6. The Morgan fingerprint density at radius 1 is 1.19 bits per heavy atom. The molecule has 0 amide bonds. The van der Waals surface area contributed by atoms with Crippen molar-refractivity contribution in [1.82, 2.24) is 9.38 Å². The van der Waals surface area contributed by atoms with E-state index in [2.05, 4.69) is 9.71 Å². The van der Waals surface area contributed by atoms with Crippen LogP contribution in [0.25, 0.3) is 5.65 Å². The standard InChI is InChI=1S/C15H15N3O2S/c1-12-4-2-5-13(10-12)11-21(19,20)17-14-6-3-8-18-9-7-16-15(14)18/h2-10,17H,11H2,1H3. The second kappa shape index (κ2) is 5.21. The van der Waals surface area contributed by atoms with E-state index in [9.17, 15) is 8.42 Å². The molecular formula is C15H15N3O2S. The minimum atomic E-state index is -3.48. The summed E-state index contributed by atoms with van der Waals surface area (Å²) in [6, 6.07) is 11.0. The zero-order valence-electron chi connectivity index (χ0n) is 11.5. The Labute approximate surface area is 123 Å². The fourth-order valence-corrected chi connectivity index (χ4v) is 3.44. The van der Waals surface area contributed by atoms with Crippen molar-refractivity contribution < 1.29 is 8.42 Å². The second-order valence-corrected chi connectivity index (χ2v) is 6.65. The van der Waals surface area contributed by atoms with Crippen LogP contribution in [-0.4, -0.2) is 17.8 Å². The van der Waals surface area contributed by atoms with Gasteiger partial charge >= 0.3 is 0 Å². The summed E-state index contributed by atoms with van der Waals surface area (Å²) >= 11 is 0. The average molecular weight is 301 g/mol. The van der Waals surface area contributed by atoms with Crippen molar-refractivity contribution in [3.63, 3.8) is 0 Å². The fraction of sp³-hybridized carbons (Fsp3) is 0.133. The Morgan fingerprint density at radius 2 is 2.05 bits per heavy atom. The van der Waals surface area contributed by atoms with Crippen molar-refractivity contribution in [2.45, 2.75) is 12.7 Å². The molecule has 0 aliphatic heterocycles. The zero-order valence-corrected chi connectivity index (χ0v) is 12.3. The number of aryl methyl sites for hydroxylation is 1. The molecule has 0 fully saturated rings. The van der Waals surface area contributed by atoms with Crippen LogP contribution in [0.2, 0.25) is 0 Å². The van der Waals surface area contributed by atoms with Gasteiger partial charge in [-0.3, -0.25) is 4.72 Å². The number of hydrogen-bond acceptors (Lipinski definition) is 3. The molecule has 0 saturated carbocycles. The molecule has 21 heavy (non-hydrogen) atoms. The molecule has 2 aromatic heterocycles. The first-order valence-corrected chi connectivity index (χ1v) is 8.16. The molecule has 3 rings (SSSR count). The van der Waals surface area contributed by atoms with Gasteiger partial charge in [0.15, 0.2) is 5.65 Å². The first-order chi connectivity index (χ1) is 10.0. The third kappa shape index (κ3) is 3.05. The number of nitrogens with zero attached hydrogens (tertiary/aromatic N) is 2. The molecule has 0 spiro atoms. The summed E-state index contributed by atoms with van der Waals surface area (Å²) in [5.41, 5.74) is 2.87. The van der Waals surface area contributed by atoms with Crippen LogP contribution < -0.4 is 4.72 Å². The van der Waals surface area contributed by atoms with E-state index in [1.165, 1.54) is 0 Å². The molecule has 108 valence electrons. The van der Waals surface area contributed by atoms with Gasteiger partial charge in [0.1, 0.15) is 0 Å². The summed E-state index contributed by atoms with van der Waals surface area (Å²) in [4.78, 5) is 4.16. The van der Waals surface area contributed by atoms with E-state index in [4.69, 9.17) is 0 Å². The molecular weight excluding hydrogens is 286 g/mol. The van der Waals surface area contributed by atoms with Gasteiger partial charge in [0.25, 0.3) is 0 Å². The van der Waals surface area contributed by atoms with Crippen LogP contribution >= 0.6 is 0 Å². The second-order valence-electron chi connectivity index (χ2n) is 4.93. The molecule has 0 bridgehead atoms. The topological polar surface area (TPSA) is 63.5 Å². The lowest BCUT2D eigenvalue weighted by Crippen LogP contribution is -2.15. The molecule has 0 unspecified atom stereocenters. The van der Waals surface area contributed by atoms with Crippen LogP contribution in [0.3, 0.4) is 0 Å². The number of fused-ring (bicyclic) bond motifs is 1. The summed E-state index contributed by atoms with van der Waals surface area (Å²) in [5.74, 6) is -0.0591. The monoisotopic (exact) mass is 301 g/mol. The number of sulfonamides is 1. The summed E-state index contributed by atoms with van der Waals surface area (Å²) in [7, 11) is -3.48. The number of imidazole rings is 1. The zero-order chi connectivity index (χ0) is 14.9. The van der Waals surface area contributed by atoms with Gasteiger partial charge in [0.05, 0.1) is 11.4 Å². The Morgan fingerprint density at radius 3 is 2.86 bits per heavy atom. The Bertz CT molecular complexity index is 885. The lowest BCUT2D eigenvalue weighted by atomic mass is 10.2. The number of pyridine rings is 1. The number of hydrogen-bond donors (Lipinski definition) is 1. The van der Waals surface area contributed by atoms with Crippen molar-refractivity contribution in [2.24, 2.45) is 0 Å². The smallest absolute Gasteiger partial charge is 0.237 e. The molecule has 0 aliphatic rings. The minimum absolute atomic E-state index is 0.0591. The van der Waals surface area contributed by atoms with E-state index < -0.39 is 10.0 Å². The lowest BCUT2D eigenvalue weighted by molar-refractivity contribution is 0.600. The minimum Gasteiger partial charge on any atom is -0.305 e. The van der Waals surface area contributed by atoms with Gasteiger partial charge in [-0.2, -0.15) is 0 Å². The molecule has 6 heteroatoms. The number of anilines is 1. The van der Waals surface area contributed by atoms with Gasteiger partial charge in [0, 0.05) is 18.6 Å². The number of rotatable bonds is 4. The molecule has 2 heterocycles. The van der Waals surface area contributed by atoms with Crippen molar-refractivity contribution in [1.29, 1.82) is 0 Å². The summed E-state index contributed by atoms with van der Waals surface area (Å²) in [6.45, 7) is 1.94. The molecule has 0 aliphatic carbocycles. The molecule has 0 atom stereocenters. The maximum Gasteiger partial charge on any atom is 0.237 e. The van der Waals surface area contributed by atoms with Crippen molar-refractivity contribution in [3.05, 3.63) is 66.1 Å². The highest BCUT2D eigenvalue weighted by Crippen LogP contribution is 2.18. The van der Waals surface area contributed by atoms with E-state index in [0.717, 1.165) is 11.1 Å². The van der Waals surface area contributed by atoms with E-state index in [1.807, 2.05) is 37.4 Å². The van der Waals surface area contributed by atoms with Crippen LogP contribution in [0.1, 0.15) is 11.1 Å². The maximum atomic E-state index is 12.3. The molecule has 1 N–H and O–H groups in total. The third-order valence-electron chi connectivity index (χ3n) is 3.12. The van der Waals surface area contributed by atoms with Crippen molar-refractivity contribution in [3.8, 4) is 0 Å². The van der Waals surface area contributed by atoms with E-state index >= 15 is 0 Å². The highest BCUT2D eigenvalue weighted by atomic mass is 32.2. The van der Waals surface area contributed by atoms with E-state index in [0.29, 0.717) is 11.3 Å². The number of nitrogens with one attached hydrogen (secondary N) is 1. The predicted octanol–water partition coefficient (Wildman–Crippen LogP) is 2.58. The van der Waals surface area contributed by atoms with Crippen LogP contribution in [0.5, 0.6) is 0 Å². The van der Waals surface area contributed by atoms with Crippen LogP contribution in [0.4, 0.5) is 5.69 Å². The van der Waals surface area contributed by atoms with Gasteiger partial charge in [-0.05, 0) is 24.6 Å². The van der Waals surface area contributed by atoms with Gasteiger partial charge in [0.2, 0.25) is 10.0 Å². The molecule has 5 nitrogen and oxygen atoms in total. The predicted molar refractivity (Wildman–Crippen MR) is 82.6 cm³/mol. The third-order valence-corrected chi connectivity index (χ3v) is 4.37. The summed E-state index contributed by atoms with van der Waals surface area (Å²) in [5, 5.41) is 0. The number of benzene rings is 1. The van der Waals surface area contributed by atoms with Gasteiger partial charge in [-0.15, -0.1) is 0 Å². The van der Waals surface area contributed by atoms with Crippen molar-refractivity contribution in [2.75, 3.05) is 4.72 Å². The normalized spacial score (nSPS) is 11.7. The highest BCUT2D eigenvalue weighted by molar-refractivity contribution is 7.91. The fourth-order valence-electron chi connectivity index (χ4n) is 2.25. The Kier molecular flexibility index (Phi) is 3.39. The highest BCUT2D eigenvalue weighted by Gasteiger charge is 2.14. The Hall–Kier alpha value is -2.34. The lowest BCUT2D eigenvalue weighted by Gasteiger charge is -2.09. The van der Waals surface area contributed by atoms with E-state index in [-0.39, 0.29) is 5.75 Å².